The van der Waals surface area contributed by atoms with Gasteiger partial charge in [-0.05, 0) is 215 Å². The summed E-state index contributed by atoms with van der Waals surface area (Å²) in [6.45, 7) is 28.0. The highest BCUT2D eigenvalue weighted by Gasteiger charge is 2.27. The van der Waals surface area contributed by atoms with E-state index >= 15 is 0 Å². The zero-order valence-electron chi connectivity index (χ0n) is 46.5. The Morgan fingerprint density at radius 2 is 0.549 bits per heavy atom. The first-order valence-corrected chi connectivity index (χ1v) is 29.5. The average molecular weight is 971 g/mol. The summed E-state index contributed by atoms with van der Waals surface area (Å²) in [7, 11) is -0.252. The molecule has 0 aromatic heterocycles. The first kappa shape index (κ1) is 55.7. The molecule has 6 rings (SSSR count). The van der Waals surface area contributed by atoms with Gasteiger partial charge in [0.15, 0.2) is 0 Å². The standard InChI is InChI=1S/C68H91O2P/c1-13-25-31-51-43-39-47(17-5)63(55(51)21-9)59-35-29-37-61(67(59)65-49(19-7)41-45-53(33-27-15-3)57(65)23-11)69-71-70-62-38-30-36-60(64-48(18-6)40-44-52(32-26-14-2)56(64)22-10)68(62)66-50(20-8)42-46-54(34-28-16-4)58(66)24-12/h29-30,35-46,71H,13-28,31-34H2,1-12H3. The van der Waals surface area contributed by atoms with Gasteiger partial charge < -0.3 is 9.05 Å². The van der Waals surface area contributed by atoms with Gasteiger partial charge in [-0.15, -0.1) is 0 Å². The summed E-state index contributed by atoms with van der Waals surface area (Å²) in [5, 5.41) is 0. The first-order chi connectivity index (χ1) is 34.8. The van der Waals surface area contributed by atoms with Crippen LogP contribution in [-0.2, 0) is 77.0 Å². The SMILES string of the molecule is CCCCc1ccc(CC)c(-c2cccc(OPOc3cccc(-c4c(CC)ccc(CCCC)c4CC)c3-c3c(CC)ccc(CCCC)c3CC)c2-c2c(CC)ccc(CCCC)c2CC)c1CC. The van der Waals surface area contributed by atoms with E-state index in [1.165, 1.54) is 163 Å². The number of rotatable bonds is 28. The predicted octanol–water partition coefficient (Wildman–Crippen LogP) is 20.2. The maximum Gasteiger partial charge on any atom is 0.275 e. The lowest BCUT2D eigenvalue weighted by Gasteiger charge is -2.26. The molecule has 0 N–H and O–H groups in total. The Balaban J connectivity index is 1.63. The van der Waals surface area contributed by atoms with Crippen molar-refractivity contribution in [1.29, 1.82) is 0 Å². The van der Waals surface area contributed by atoms with E-state index in [-0.39, 0.29) is 9.03 Å². The van der Waals surface area contributed by atoms with E-state index in [2.05, 4.69) is 168 Å². The summed E-state index contributed by atoms with van der Waals surface area (Å²) in [5.74, 6) is 1.82. The third-order valence-corrected chi connectivity index (χ3v) is 16.1. The van der Waals surface area contributed by atoms with Crippen LogP contribution in [0.25, 0.3) is 44.5 Å². The Hall–Kier alpha value is -4.65. The van der Waals surface area contributed by atoms with Crippen molar-refractivity contribution in [3.8, 4) is 56.0 Å². The number of aryl methyl sites for hydroxylation is 8. The second-order valence-corrected chi connectivity index (χ2v) is 20.4. The minimum absolute atomic E-state index is 0.252. The molecule has 0 saturated heterocycles. The summed E-state index contributed by atoms with van der Waals surface area (Å²) < 4.78 is 14.6. The maximum absolute atomic E-state index is 7.31. The molecule has 6 aromatic carbocycles. The Kier molecular flexibility index (Phi) is 21.9. The molecule has 2 nitrogen and oxygen atoms in total. The minimum atomic E-state index is -0.252. The Morgan fingerprint density at radius 3 is 0.817 bits per heavy atom. The molecular formula is C68H91O2P. The van der Waals surface area contributed by atoms with E-state index in [4.69, 9.17) is 9.05 Å². The van der Waals surface area contributed by atoms with Gasteiger partial charge in [0.1, 0.15) is 11.5 Å². The minimum Gasteiger partial charge on any atom is -0.440 e. The molecule has 71 heavy (non-hydrogen) atoms. The Labute approximate surface area is 435 Å². The summed E-state index contributed by atoms with van der Waals surface area (Å²) in [6.07, 6.45) is 21.7. The molecule has 0 amide bonds. The molecule has 0 aliphatic carbocycles. The van der Waals surface area contributed by atoms with Gasteiger partial charge >= 0.3 is 0 Å². The Bertz CT molecular complexity index is 2480. The molecule has 0 radical (unpaired) electrons. The summed E-state index contributed by atoms with van der Waals surface area (Å²) in [5.41, 5.74) is 28.1. The van der Waals surface area contributed by atoms with Gasteiger partial charge in [-0.25, -0.2) is 0 Å². The normalized spacial score (nSPS) is 11.4. The van der Waals surface area contributed by atoms with Gasteiger partial charge in [0, 0.05) is 11.1 Å². The second-order valence-electron chi connectivity index (χ2n) is 19.8. The van der Waals surface area contributed by atoms with Gasteiger partial charge in [0.2, 0.25) is 0 Å². The number of unbranched alkanes of at least 4 members (excludes halogenated alkanes) is 4. The van der Waals surface area contributed by atoms with Crippen LogP contribution in [-0.4, -0.2) is 0 Å². The van der Waals surface area contributed by atoms with E-state index in [0.29, 0.717) is 0 Å². The molecule has 0 unspecified atom stereocenters. The zero-order chi connectivity index (χ0) is 50.9. The van der Waals surface area contributed by atoms with Crippen LogP contribution >= 0.6 is 9.03 Å². The molecule has 0 atom stereocenters. The summed E-state index contributed by atoms with van der Waals surface area (Å²) in [6, 6.07) is 33.2. The lowest BCUT2D eigenvalue weighted by molar-refractivity contribution is 0.518. The molecule has 0 heterocycles. The number of hydrogen-bond acceptors (Lipinski definition) is 2. The largest absolute Gasteiger partial charge is 0.440 e. The van der Waals surface area contributed by atoms with Crippen molar-refractivity contribution in [3.05, 3.63) is 152 Å². The van der Waals surface area contributed by atoms with Crippen LogP contribution in [0.4, 0.5) is 0 Å². The third-order valence-electron chi connectivity index (χ3n) is 15.5. The van der Waals surface area contributed by atoms with Crippen molar-refractivity contribution >= 4 is 9.03 Å². The molecule has 0 bridgehead atoms. The van der Waals surface area contributed by atoms with Gasteiger partial charge in [-0.1, -0.05) is 182 Å². The molecule has 0 spiro atoms. The third kappa shape index (κ3) is 12.4. The predicted molar refractivity (Wildman–Crippen MR) is 314 cm³/mol. The second kappa shape index (κ2) is 28.0. The van der Waals surface area contributed by atoms with Crippen LogP contribution in [0.2, 0.25) is 0 Å². The van der Waals surface area contributed by atoms with Gasteiger partial charge in [-0.3, -0.25) is 0 Å². The lowest BCUT2D eigenvalue weighted by atomic mass is 9.80. The van der Waals surface area contributed by atoms with Crippen LogP contribution in [0.3, 0.4) is 0 Å². The molecule has 0 aliphatic heterocycles. The molecular weight excluding hydrogens is 880 g/mol. The highest BCUT2D eigenvalue weighted by atomic mass is 31.1. The highest BCUT2D eigenvalue weighted by Crippen LogP contribution is 2.51. The molecule has 380 valence electrons. The Morgan fingerprint density at radius 1 is 0.282 bits per heavy atom. The van der Waals surface area contributed by atoms with Crippen molar-refractivity contribution in [2.24, 2.45) is 0 Å². The van der Waals surface area contributed by atoms with Crippen LogP contribution in [0, 0.1) is 0 Å². The maximum atomic E-state index is 7.31. The van der Waals surface area contributed by atoms with Gasteiger partial charge in [-0.2, -0.15) is 0 Å². The van der Waals surface area contributed by atoms with Gasteiger partial charge in [0.25, 0.3) is 9.03 Å². The van der Waals surface area contributed by atoms with Crippen LogP contribution in [0.1, 0.15) is 201 Å². The van der Waals surface area contributed by atoms with Crippen molar-refractivity contribution in [3.63, 3.8) is 0 Å². The molecule has 6 aromatic rings. The quantitative estimate of drug-likeness (QED) is 0.0456. The number of hydrogen-bond donors (Lipinski definition) is 0. The topological polar surface area (TPSA) is 18.5 Å². The smallest absolute Gasteiger partial charge is 0.275 e. The fourth-order valence-corrected chi connectivity index (χ4v) is 12.3. The monoisotopic (exact) mass is 971 g/mol. The highest BCUT2D eigenvalue weighted by molar-refractivity contribution is 7.27. The first-order valence-electron chi connectivity index (χ1n) is 28.7. The van der Waals surface area contributed by atoms with Crippen molar-refractivity contribution in [2.45, 2.75) is 212 Å². The lowest BCUT2D eigenvalue weighted by Crippen LogP contribution is -2.06. The van der Waals surface area contributed by atoms with E-state index in [0.717, 1.165) is 88.5 Å². The molecule has 0 saturated carbocycles. The number of benzene rings is 6. The van der Waals surface area contributed by atoms with E-state index < -0.39 is 0 Å². The van der Waals surface area contributed by atoms with Crippen LogP contribution in [0.15, 0.2) is 84.9 Å². The van der Waals surface area contributed by atoms with E-state index in [1.807, 2.05) is 0 Å². The van der Waals surface area contributed by atoms with Crippen molar-refractivity contribution in [1.82, 2.24) is 0 Å². The summed E-state index contributed by atoms with van der Waals surface area (Å²) in [4.78, 5) is 0. The van der Waals surface area contributed by atoms with Gasteiger partial charge in [0.05, 0.1) is 0 Å². The molecule has 3 heteroatoms. The fourth-order valence-electron chi connectivity index (χ4n) is 11.7. The molecule has 0 fully saturated rings. The van der Waals surface area contributed by atoms with E-state index in [9.17, 15) is 0 Å². The van der Waals surface area contributed by atoms with E-state index in [1.54, 1.807) is 0 Å². The summed E-state index contributed by atoms with van der Waals surface area (Å²) >= 11 is 0. The fraction of sp³-hybridized carbons (Fsp3) is 0.471. The van der Waals surface area contributed by atoms with Crippen molar-refractivity contribution in [2.75, 3.05) is 0 Å². The zero-order valence-corrected chi connectivity index (χ0v) is 47.5. The molecule has 0 aliphatic rings. The van der Waals surface area contributed by atoms with Crippen molar-refractivity contribution < 1.29 is 9.05 Å². The van der Waals surface area contributed by atoms with Crippen LogP contribution < -0.4 is 9.05 Å². The average Bonchev–Trinajstić information content (AvgIpc) is 3.41. The van der Waals surface area contributed by atoms with Crippen LogP contribution in [0.5, 0.6) is 11.5 Å².